The van der Waals surface area contributed by atoms with E-state index < -0.39 is 24.4 Å². The number of halogens is 2. The number of amidine groups is 1. The molecule has 0 aliphatic carbocycles. The lowest BCUT2D eigenvalue weighted by molar-refractivity contribution is 0.0886. The van der Waals surface area contributed by atoms with Gasteiger partial charge in [-0.05, 0) is 62.1 Å². The summed E-state index contributed by atoms with van der Waals surface area (Å²) in [4.78, 5) is 17.5. The minimum Gasteiger partial charge on any atom is -0.493 e. The van der Waals surface area contributed by atoms with Crippen LogP contribution >= 0.6 is 0 Å². The van der Waals surface area contributed by atoms with Crippen molar-refractivity contribution in [2.75, 3.05) is 26.4 Å². The average molecular weight is 459 g/mol. The summed E-state index contributed by atoms with van der Waals surface area (Å²) < 4.78 is 42.8. The molecule has 2 aliphatic heterocycles. The Morgan fingerprint density at radius 1 is 1.30 bits per heavy atom. The molecule has 2 aliphatic rings. The number of nitrogens with two attached hydrogens (primary N) is 1. The molecule has 1 unspecified atom stereocenters. The van der Waals surface area contributed by atoms with Gasteiger partial charge in [-0.2, -0.15) is 0 Å². The number of rotatable bonds is 7. The quantitative estimate of drug-likeness (QED) is 0.663. The van der Waals surface area contributed by atoms with E-state index in [1.807, 2.05) is 38.1 Å². The first-order valence-corrected chi connectivity index (χ1v) is 10.9. The van der Waals surface area contributed by atoms with E-state index >= 15 is 0 Å². The summed E-state index contributed by atoms with van der Waals surface area (Å²) in [5, 5.41) is 2.28. The number of aliphatic imine (C=N–C) groups is 1. The van der Waals surface area contributed by atoms with Gasteiger partial charge in [-0.15, -0.1) is 0 Å². The number of amides is 1. The van der Waals surface area contributed by atoms with Gasteiger partial charge < -0.3 is 25.3 Å². The van der Waals surface area contributed by atoms with Crippen molar-refractivity contribution in [3.8, 4) is 11.5 Å². The van der Waals surface area contributed by atoms with E-state index in [-0.39, 0.29) is 18.2 Å². The van der Waals surface area contributed by atoms with E-state index in [1.54, 1.807) is 6.07 Å². The molecule has 0 spiro atoms. The van der Waals surface area contributed by atoms with Crippen molar-refractivity contribution in [3.63, 3.8) is 0 Å². The number of fused-ring (bicyclic) bond motifs is 1. The summed E-state index contributed by atoms with van der Waals surface area (Å²) >= 11 is 0. The molecule has 176 valence electrons. The van der Waals surface area contributed by atoms with Crippen LogP contribution in [0.4, 0.5) is 8.78 Å². The third-order valence-electron chi connectivity index (χ3n) is 5.75. The summed E-state index contributed by atoms with van der Waals surface area (Å²) in [6, 6.07) is 9.36. The number of alkyl halides is 2. The monoisotopic (exact) mass is 459 g/mol. The van der Waals surface area contributed by atoms with Gasteiger partial charge in [0.2, 0.25) is 0 Å². The predicted molar refractivity (Wildman–Crippen MR) is 119 cm³/mol. The van der Waals surface area contributed by atoms with Crippen molar-refractivity contribution in [2.24, 2.45) is 10.7 Å². The Bertz CT molecular complexity index is 1090. The van der Waals surface area contributed by atoms with Crippen molar-refractivity contribution >= 4 is 11.9 Å². The normalized spacial score (nSPS) is 19.4. The smallest absolute Gasteiger partial charge is 0.283 e. The fourth-order valence-electron chi connectivity index (χ4n) is 4.28. The van der Waals surface area contributed by atoms with Gasteiger partial charge in [-0.25, -0.2) is 13.8 Å². The molecule has 0 saturated heterocycles. The zero-order valence-electron chi connectivity index (χ0n) is 18.6. The van der Waals surface area contributed by atoms with Crippen molar-refractivity contribution < 1.29 is 27.8 Å². The molecule has 1 amide bonds. The molecule has 1 atom stereocenters. The van der Waals surface area contributed by atoms with Crippen molar-refractivity contribution in [2.45, 2.75) is 38.7 Å². The van der Waals surface area contributed by atoms with E-state index in [0.717, 1.165) is 23.1 Å². The van der Waals surface area contributed by atoms with Gasteiger partial charge in [0.15, 0.2) is 5.54 Å². The number of ether oxygens (including phenoxy) is 3. The number of aryl methyl sites for hydroxylation is 2. The van der Waals surface area contributed by atoms with Crippen molar-refractivity contribution in [1.82, 2.24) is 5.32 Å². The lowest BCUT2D eigenvalue weighted by Crippen LogP contribution is -2.32. The van der Waals surface area contributed by atoms with Gasteiger partial charge >= 0.3 is 0 Å². The molecule has 2 aromatic carbocycles. The molecular formula is C24H27F2N3O4. The van der Waals surface area contributed by atoms with Gasteiger partial charge in [0, 0.05) is 5.56 Å². The molecule has 0 radical (unpaired) electrons. The second kappa shape index (κ2) is 9.25. The first kappa shape index (κ1) is 22.8. The van der Waals surface area contributed by atoms with E-state index in [9.17, 15) is 13.6 Å². The standard InChI is InChI=1S/C24H27F2N3O4/c1-3-31-19-7-6-14(2)9-18(19)24(13-33-23(27)29-24)16-10-15-5-4-8-32-21(15)17(11-16)22(30)28-12-20(25)26/h6-7,9-11,20H,3-5,8,12-13H2,1-2H3,(H2,27,29)(H,28,30). The molecule has 0 aromatic heterocycles. The summed E-state index contributed by atoms with van der Waals surface area (Å²) in [5.74, 6) is 0.412. The summed E-state index contributed by atoms with van der Waals surface area (Å²) in [7, 11) is 0. The third kappa shape index (κ3) is 4.44. The van der Waals surface area contributed by atoms with Crippen LogP contribution in [-0.2, 0) is 16.7 Å². The second-order valence-corrected chi connectivity index (χ2v) is 8.10. The first-order valence-electron chi connectivity index (χ1n) is 10.9. The highest BCUT2D eigenvalue weighted by molar-refractivity contribution is 5.98. The topological polar surface area (TPSA) is 95.2 Å². The molecular weight excluding hydrogens is 432 g/mol. The molecule has 2 heterocycles. The molecule has 0 saturated carbocycles. The molecule has 2 aromatic rings. The fraction of sp³-hybridized carbons (Fsp3) is 0.417. The number of hydrogen-bond acceptors (Lipinski definition) is 6. The lowest BCUT2D eigenvalue weighted by Gasteiger charge is -2.30. The molecule has 7 nitrogen and oxygen atoms in total. The van der Waals surface area contributed by atoms with Crippen LogP contribution in [0.3, 0.4) is 0 Å². The highest BCUT2D eigenvalue weighted by atomic mass is 19.3. The zero-order valence-corrected chi connectivity index (χ0v) is 18.6. The SMILES string of the molecule is CCOc1ccc(C)cc1C1(c2cc3c(c(C(=O)NCC(F)F)c2)OCCC3)COC(N)=N1. The zero-order chi connectivity index (χ0) is 23.6. The van der Waals surface area contributed by atoms with Crippen LogP contribution in [0.1, 0.15) is 46.0 Å². The maximum atomic E-state index is 12.9. The fourth-order valence-corrected chi connectivity index (χ4v) is 4.28. The number of carbonyl (C=O) groups is 1. The Hall–Kier alpha value is -3.36. The molecule has 4 rings (SSSR count). The maximum Gasteiger partial charge on any atom is 0.283 e. The largest absolute Gasteiger partial charge is 0.493 e. The Balaban J connectivity index is 1.91. The number of carbonyl (C=O) groups excluding carboxylic acids is 1. The van der Waals surface area contributed by atoms with Gasteiger partial charge in [0.1, 0.15) is 18.1 Å². The number of benzene rings is 2. The molecule has 33 heavy (non-hydrogen) atoms. The van der Waals surface area contributed by atoms with Crippen LogP contribution in [0.5, 0.6) is 11.5 Å². The molecule has 0 fully saturated rings. The minimum atomic E-state index is -2.66. The lowest BCUT2D eigenvalue weighted by atomic mass is 9.80. The Morgan fingerprint density at radius 2 is 2.12 bits per heavy atom. The summed E-state index contributed by atoms with van der Waals surface area (Å²) in [6.45, 7) is 4.11. The number of hydrogen-bond donors (Lipinski definition) is 2. The summed E-state index contributed by atoms with van der Waals surface area (Å²) in [6.07, 6.45) is -1.20. The Morgan fingerprint density at radius 3 is 2.82 bits per heavy atom. The van der Waals surface area contributed by atoms with Crippen molar-refractivity contribution in [3.05, 3.63) is 58.1 Å². The maximum absolute atomic E-state index is 12.9. The Labute approximate surface area is 190 Å². The van der Waals surface area contributed by atoms with E-state index in [0.29, 0.717) is 36.7 Å². The van der Waals surface area contributed by atoms with Crippen LogP contribution < -0.4 is 20.5 Å². The van der Waals surface area contributed by atoms with Crippen LogP contribution in [0.2, 0.25) is 0 Å². The van der Waals surface area contributed by atoms with Crippen molar-refractivity contribution in [1.29, 1.82) is 0 Å². The van der Waals surface area contributed by atoms with Crippen LogP contribution in [0, 0.1) is 6.92 Å². The van der Waals surface area contributed by atoms with Crippen LogP contribution in [-0.4, -0.2) is 44.7 Å². The van der Waals surface area contributed by atoms with E-state index in [1.165, 1.54) is 0 Å². The van der Waals surface area contributed by atoms with Gasteiger partial charge in [-0.1, -0.05) is 11.6 Å². The van der Waals surface area contributed by atoms with Crippen LogP contribution in [0.15, 0.2) is 35.3 Å². The average Bonchev–Trinajstić information content (AvgIpc) is 3.20. The minimum absolute atomic E-state index is 0.0247. The van der Waals surface area contributed by atoms with E-state index in [4.69, 9.17) is 19.9 Å². The van der Waals surface area contributed by atoms with Crippen LogP contribution in [0.25, 0.3) is 0 Å². The van der Waals surface area contributed by atoms with Gasteiger partial charge in [-0.3, -0.25) is 4.79 Å². The highest BCUT2D eigenvalue weighted by Gasteiger charge is 2.43. The van der Waals surface area contributed by atoms with Gasteiger partial charge in [0.05, 0.1) is 25.3 Å². The highest BCUT2D eigenvalue weighted by Crippen LogP contribution is 2.45. The molecule has 0 bridgehead atoms. The first-order chi connectivity index (χ1) is 15.8. The number of nitrogens with zero attached hydrogens (tertiary/aromatic N) is 1. The molecule has 3 N–H and O–H groups in total. The van der Waals surface area contributed by atoms with E-state index in [2.05, 4.69) is 10.3 Å². The Kier molecular flexibility index (Phi) is 6.40. The predicted octanol–water partition coefficient (Wildman–Crippen LogP) is 3.30. The number of nitrogens with one attached hydrogen (secondary N) is 1. The third-order valence-corrected chi connectivity index (χ3v) is 5.75. The molecule has 9 heteroatoms. The summed E-state index contributed by atoms with van der Waals surface area (Å²) in [5.41, 5.74) is 8.29. The van der Waals surface area contributed by atoms with Gasteiger partial charge in [0.25, 0.3) is 18.4 Å². The second-order valence-electron chi connectivity index (χ2n) is 8.10.